The maximum absolute atomic E-state index is 13.3. The Bertz CT molecular complexity index is 551. The lowest BCUT2D eigenvalue weighted by molar-refractivity contribution is 0.626. The van der Waals surface area contributed by atoms with Gasteiger partial charge in [-0.25, -0.2) is 9.37 Å². The van der Waals surface area contributed by atoms with Gasteiger partial charge in [-0.1, -0.05) is 18.5 Å². The fourth-order valence-corrected chi connectivity index (χ4v) is 1.92. The topological polar surface area (TPSA) is 29.9 Å². The third-order valence-electron chi connectivity index (χ3n) is 2.53. The van der Waals surface area contributed by atoms with Crippen molar-refractivity contribution < 1.29 is 4.39 Å². The van der Waals surface area contributed by atoms with Crippen LogP contribution in [0.5, 0.6) is 0 Å². The van der Waals surface area contributed by atoms with E-state index < -0.39 is 0 Å². The molecule has 1 N–H and O–H groups in total. The van der Waals surface area contributed by atoms with Crippen LogP contribution in [-0.2, 0) is 0 Å². The second kappa shape index (κ2) is 5.40. The second-order valence-corrected chi connectivity index (χ2v) is 4.51. The summed E-state index contributed by atoms with van der Waals surface area (Å²) in [5.41, 5.74) is 1.45. The van der Waals surface area contributed by atoms with Crippen molar-refractivity contribution in [2.75, 3.05) is 11.9 Å². The molecule has 3 nitrogen and oxygen atoms in total. The number of rotatable bonds is 4. The number of aromatic nitrogens is 2. The van der Waals surface area contributed by atoms with E-state index in [4.69, 9.17) is 11.6 Å². The molecule has 96 valence electrons. The lowest BCUT2D eigenvalue weighted by Crippen LogP contribution is -2.07. The van der Waals surface area contributed by atoms with Gasteiger partial charge in [-0.2, -0.15) is 0 Å². The van der Waals surface area contributed by atoms with Gasteiger partial charge in [0.05, 0.1) is 16.4 Å². The van der Waals surface area contributed by atoms with Crippen LogP contribution in [0.25, 0.3) is 5.69 Å². The third kappa shape index (κ3) is 2.64. The molecule has 0 saturated heterocycles. The van der Waals surface area contributed by atoms with Gasteiger partial charge >= 0.3 is 0 Å². The Hall–Kier alpha value is -1.55. The van der Waals surface area contributed by atoms with Gasteiger partial charge < -0.3 is 5.32 Å². The van der Waals surface area contributed by atoms with E-state index in [0.29, 0.717) is 16.7 Å². The molecule has 1 aromatic heterocycles. The lowest BCUT2D eigenvalue weighted by Gasteiger charge is -2.10. The molecule has 2 aromatic rings. The molecule has 0 bridgehead atoms. The van der Waals surface area contributed by atoms with Crippen molar-refractivity contribution in [1.82, 2.24) is 9.55 Å². The van der Waals surface area contributed by atoms with Gasteiger partial charge in [0.25, 0.3) is 0 Å². The van der Waals surface area contributed by atoms with Crippen LogP contribution in [-0.4, -0.2) is 16.1 Å². The molecule has 0 aliphatic carbocycles. The van der Waals surface area contributed by atoms with Crippen LogP contribution in [0.4, 0.5) is 10.3 Å². The number of nitrogens with one attached hydrogen (secondary N) is 1. The molecule has 0 saturated carbocycles. The fraction of sp³-hybridized carbons (Fsp3) is 0.308. The summed E-state index contributed by atoms with van der Waals surface area (Å²) >= 11 is 6.10. The molecule has 5 heteroatoms. The van der Waals surface area contributed by atoms with Crippen LogP contribution in [0.3, 0.4) is 0 Å². The first kappa shape index (κ1) is 12.9. The maximum atomic E-state index is 13.3. The van der Waals surface area contributed by atoms with Crippen LogP contribution in [0.15, 0.2) is 24.4 Å². The standard InChI is InChI=1S/C13H15ClFN3/c1-3-6-16-13-17-9(2)8-18(13)12-7-10(15)4-5-11(12)14/h4-5,7-8H,3,6H2,1-2H3,(H,16,17). The minimum Gasteiger partial charge on any atom is -0.355 e. The van der Waals surface area contributed by atoms with Crippen molar-refractivity contribution >= 4 is 17.5 Å². The van der Waals surface area contributed by atoms with E-state index in [1.807, 2.05) is 13.1 Å². The van der Waals surface area contributed by atoms with Gasteiger partial charge in [0.1, 0.15) is 5.82 Å². The molecular formula is C13H15ClFN3. The van der Waals surface area contributed by atoms with E-state index in [2.05, 4.69) is 17.2 Å². The van der Waals surface area contributed by atoms with Crippen molar-refractivity contribution in [3.05, 3.63) is 40.9 Å². The average Bonchev–Trinajstić information content (AvgIpc) is 2.71. The summed E-state index contributed by atoms with van der Waals surface area (Å²) in [5.74, 6) is 0.365. The summed E-state index contributed by atoms with van der Waals surface area (Å²) in [5, 5.41) is 3.69. The van der Waals surface area contributed by atoms with Crippen molar-refractivity contribution in [2.24, 2.45) is 0 Å². The summed E-state index contributed by atoms with van der Waals surface area (Å²) in [4.78, 5) is 4.37. The van der Waals surface area contributed by atoms with Crippen molar-refractivity contribution in [3.8, 4) is 5.69 Å². The number of hydrogen-bond donors (Lipinski definition) is 1. The highest BCUT2D eigenvalue weighted by Gasteiger charge is 2.10. The molecule has 1 heterocycles. The van der Waals surface area contributed by atoms with Crippen molar-refractivity contribution in [1.29, 1.82) is 0 Å². The monoisotopic (exact) mass is 267 g/mol. The van der Waals surface area contributed by atoms with E-state index >= 15 is 0 Å². The first-order chi connectivity index (χ1) is 8.61. The third-order valence-corrected chi connectivity index (χ3v) is 2.85. The minimum absolute atomic E-state index is 0.317. The number of anilines is 1. The molecule has 0 atom stereocenters. The van der Waals surface area contributed by atoms with Gasteiger partial charge in [0.2, 0.25) is 5.95 Å². The van der Waals surface area contributed by atoms with Crippen LogP contribution < -0.4 is 5.32 Å². The maximum Gasteiger partial charge on any atom is 0.207 e. The predicted molar refractivity (Wildman–Crippen MR) is 72.0 cm³/mol. The molecule has 0 aliphatic rings. The molecule has 0 aliphatic heterocycles. The highest BCUT2D eigenvalue weighted by molar-refractivity contribution is 6.32. The normalized spacial score (nSPS) is 10.7. The van der Waals surface area contributed by atoms with E-state index in [0.717, 1.165) is 18.7 Å². The molecule has 0 radical (unpaired) electrons. The summed E-state index contributed by atoms with van der Waals surface area (Å²) in [6, 6.07) is 4.29. The number of halogens is 2. The van der Waals surface area contributed by atoms with E-state index in [1.165, 1.54) is 12.1 Å². The molecule has 0 amide bonds. The quantitative estimate of drug-likeness (QED) is 0.913. The average molecular weight is 268 g/mol. The second-order valence-electron chi connectivity index (χ2n) is 4.10. The molecular weight excluding hydrogens is 253 g/mol. The smallest absolute Gasteiger partial charge is 0.207 e. The van der Waals surface area contributed by atoms with E-state index in [9.17, 15) is 4.39 Å². The van der Waals surface area contributed by atoms with Gasteiger partial charge in [0.15, 0.2) is 0 Å². The summed E-state index contributed by atoms with van der Waals surface area (Å²) in [6.07, 6.45) is 2.82. The van der Waals surface area contributed by atoms with E-state index in [1.54, 1.807) is 10.6 Å². The van der Waals surface area contributed by atoms with Gasteiger partial charge in [-0.05, 0) is 31.5 Å². The number of hydrogen-bond acceptors (Lipinski definition) is 2. The van der Waals surface area contributed by atoms with Gasteiger partial charge in [-0.3, -0.25) is 4.57 Å². The Morgan fingerprint density at radius 1 is 1.44 bits per heavy atom. The van der Waals surface area contributed by atoms with Crippen LogP contribution >= 0.6 is 11.6 Å². The minimum atomic E-state index is -0.317. The number of nitrogens with zero attached hydrogens (tertiary/aromatic N) is 2. The lowest BCUT2D eigenvalue weighted by atomic mass is 10.3. The Morgan fingerprint density at radius 3 is 2.94 bits per heavy atom. The zero-order valence-electron chi connectivity index (χ0n) is 10.4. The molecule has 0 fully saturated rings. The largest absolute Gasteiger partial charge is 0.355 e. The van der Waals surface area contributed by atoms with Gasteiger partial charge in [-0.15, -0.1) is 0 Å². The number of aryl methyl sites for hydroxylation is 1. The van der Waals surface area contributed by atoms with Crippen molar-refractivity contribution in [3.63, 3.8) is 0 Å². The summed E-state index contributed by atoms with van der Waals surface area (Å²) in [7, 11) is 0. The van der Waals surface area contributed by atoms with Crippen LogP contribution in [0.1, 0.15) is 19.0 Å². The Labute approximate surface area is 111 Å². The molecule has 0 unspecified atom stereocenters. The highest BCUT2D eigenvalue weighted by atomic mass is 35.5. The molecule has 18 heavy (non-hydrogen) atoms. The number of imidazole rings is 1. The Kier molecular flexibility index (Phi) is 3.87. The summed E-state index contributed by atoms with van der Waals surface area (Å²) in [6.45, 7) is 4.77. The zero-order valence-corrected chi connectivity index (χ0v) is 11.1. The van der Waals surface area contributed by atoms with E-state index in [-0.39, 0.29) is 5.82 Å². The highest BCUT2D eigenvalue weighted by Crippen LogP contribution is 2.25. The van der Waals surface area contributed by atoms with Crippen molar-refractivity contribution in [2.45, 2.75) is 20.3 Å². The Balaban J connectivity index is 2.45. The summed E-state index contributed by atoms with van der Waals surface area (Å²) < 4.78 is 15.1. The Morgan fingerprint density at radius 2 is 2.22 bits per heavy atom. The molecule has 0 spiro atoms. The molecule has 1 aromatic carbocycles. The predicted octanol–water partition coefficient (Wildman–Crippen LogP) is 3.80. The molecule has 2 rings (SSSR count). The van der Waals surface area contributed by atoms with Crippen LogP contribution in [0.2, 0.25) is 5.02 Å². The first-order valence-corrected chi connectivity index (χ1v) is 6.25. The fourth-order valence-electron chi connectivity index (χ4n) is 1.71. The number of benzene rings is 1. The first-order valence-electron chi connectivity index (χ1n) is 5.87. The van der Waals surface area contributed by atoms with Gasteiger partial charge in [0, 0.05) is 12.7 Å². The zero-order chi connectivity index (χ0) is 13.1. The SMILES string of the molecule is CCCNc1nc(C)cn1-c1cc(F)ccc1Cl. The van der Waals surface area contributed by atoms with Crippen LogP contribution in [0, 0.1) is 12.7 Å².